The third-order valence-electron chi connectivity index (χ3n) is 6.41. The van der Waals surface area contributed by atoms with E-state index in [1.807, 2.05) is 36.5 Å². The molecule has 2 aromatic carbocycles. The molecule has 1 aliphatic rings. The van der Waals surface area contributed by atoms with E-state index in [1.54, 1.807) is 12.4 Å². The third kappa shape index (κ3) is 5.61. The minimum absolute atomic E-state index is 0.0539. The molecular formula is C29H29N5O. The van der Waals surface area contributed by atoms with Crippen LogP contribution in [0, 0.1) is 0 Å². The molecule has 176 valence electrons. The summed E-state index contributed by atoms with van der Waals surface area (Å²) < 4.78 is 0. The van der Waals surface area contributed by atoms with Crippen LogP contribution in [0.4, 0.5) is 5.69 Å². The molecule has 0 bridgehead atoms. The fourth-order valence-corrected chi connectivity index (χ4v) is 4.76. The normalized spacial score (nSPS) is 16.1. The summed E-state index contributed by atoms with van der Waals surface area (Å²) in [4.78, 5) is 27.8. The number of nitrogens with one attached hydrogen (secondary N) is 1. The van der Waals surface area contributed by atoms with Crippen LogP contribution in [0.15, 0.2) is 85.3 Å². The van der Waals surface area contributed by atoms with Crippen molar-refractivity contribution in [3.8, 4) is 22.5 Å². The molecule has 1 amide bonds. The first kappa shape index (κ1) is 22.9. The molecule has 0 aliphatic carbocycles. The summed E-state index contributed by atoms with van der Waals surface area (Å²) in [6.07, 6.45) is 7.77. The van der Waals surface area contributed by atoms with E-state index in [1.165, 1.54) is 12.5 Å². The topological polar surface area (TPSA) is 71.0 Å². The largest absolute Gasteiger partial charge is 0.326 e. The highest BCUT2D eigenvalue weighted by Gasteiger charge is 2.26. The number of likely N-dealkylation sites (tertiary alicyclic amines) is 1. The van der Waals surface area contributed by atoms with Crippen molar-refractivity contribution < 1.29 is 4.79 Å². The van der Waals surface area contributed by atoms with E-state index in [2.05, 4.69) is 51.6 Å². The zero-order valence-electron chi connectivity index (χ0n) is 19.9. The molecule has 1 unspecified atom stereocenters. The van der Waals surface area contributed by atoms with Crippen molar-refractivity contribution in [3.05, 3.63) is 96.6 Å². The van der Waals surface area contributed by atoms with Crippen molar-refractivity contribution in [2.45, 2.75) is 32.2 Å². The number of hydrogen-bond acceptors (Lipinski definition) is 5. The molecule has 6 heteroatoms. The average molecular weight is 464 g/mol. The first-order valence-corrected chi connectivity index (χ1v) is 12.1. The fraction of sp³-hybridized carbons (Fsp3) is 0.241. The van der Waals surface area contributed by atoms with Crippen LogP contribution in [0.3, 0.4) is 0 Å². The monoisotopic (exact) mass is 463 g/mol. The first-order valence-electron chi connectivity index (χ1n) is 12.1. The Balaban J connectivity index is 1.41. The van der Waals surface area contributed by atoms with Gasteiger partial charge in [0.1, 0.15) is 0 Å². The van der Waals surface area contributed by atoms with Crippen molar-refractivity contribution >= 4 is 11.6 Å². The number of anilines is 1. The third-order valence-corrected chi connectivity index (χ3v) is 6.41. The molecule has 0 spiro atoms. The Bertz CT molecular complexity index is 1280. The van der Waals surface area contributed by atoms with Gasteiger partial charge in [-0.3, -0.25) is 14.7 Å². The lowest BCUT2D eigenvalue weighted by molar-refractivity contribution is -0.114. The van der Waals surface area contributed by atoms with Crippen LogP contribution >= 0.6 is 0 Å². The number of pyridine rings is 1. The van der Waals surface area contributed by atoms with Gasteiger partial charge < -0.3 is 5.32 Å². The van der Waals surface area contributed by atoms with Gasteiger partial charge in [-0.15, -0.1) is 0 Å². The van der Waals surface area contributed by atoms with Gasteiger partial charge >= 0.3 is 0 Å². The maximum atomic E-state index is 11.3. The minimum atomic E-state index is -0.0539. The highest BCUT2D eigenvalue weighted by molar-refractivity contribution is 5.88. The van der Waals surface area contributed by atoms with E-state index in [0.29, 0.717) is 5.92 Å². The second-order valence-electron chi connectivity index (χ2n) is 9.05. The zero-order valence-corrected chi connectivity index (χ0v) is 19.9. The quantitative estimate of drug-likeness (QED) is 0.406. The van der Waals surface area contributed by atoms with Crippen molar-refractivity contribution in [1.29, 1.82) is 0 Å². The van der Waals surface area contributed by atoms with Crippen molar-refractivity contribution in [2.24, 2.45) is 0 Å². The average Bonchev–Trinajstić information content (AvgIpc) is 2.90. The van der Waals surface area contributed by atoms with E-state index < -0.39 is 0 Å². The number of rotatable bonds is 6. The molecule has 3 heterocycles. The minimum Gasteiger partial charge on any atom is -0.326 e. The van der Waals surface area contributed by atoms with Gasteiger partial charge in [-0.05, 0) is 54.8 Å². The van der Waals surface area contributed by atoms with Gasteiger partial charge in [0, 0.05) is 61.3 Å². The lowest BCUT2D eigenvalue weighted by atomic mass is 9.89. The molecule has 35 heavy (non-hydrogen) atoms. The molecule has 0 radical (unpaired) electrons. The predicted molar refractivity (Wildman–Crippen MR) is 139 cm³/mol. The maximum absolute atomic E-state index is 11.3. The summed E-state index contributed by atoms with van der Waals surface area (Å²) in [5.74, 6) is 1.01. The van der Waals surface area contributed by atoms with Crippen molar-refractivity contribution in [3.63, 3.8) is 0 Å². The van der Waals surface area contributed by atoms with Crippen molar-refractivity contribution in [1.82, 2.24) is 19.9 Å². The predicted octanol–water partition coefficient (Wildman–Crippen LogP) is 5.54. The van der Waals surface area contributed by atoms with Crippen LogP contribution in [0.1, 0.15) is 36.9 Å². The molecule has 0 saturated carbocycles. The summed E-state index contributed by atoms with van der Waals surface area (Å²) in [6.45, 7) is 4.41. The maximum Gasteiger partial charge on any atom is 0.221 e. The van der Waals surface area contributed by atoms with Crippen LogP contribution in [-0.2, 0) is 11.3 Å². The Kier molecular flexibility index (Phi) is 6.91. The molecule has 1 saturated heterocycles. The summed E-state index contributed by atoms with van der Waals surface area (Å²) in [5, 5.41) is 2.83. The smallest absolute Gasteiger partial charge is 0.221 e. The first-order chi connectivity index (χ1) is 17.2. The zero-order chi connectivity index (χ0) is 24.0. The molecule has 4 aromatic rings. The number of carbonyl (C=O) groups is 1. The number of nitrogens with zero attached hydrogens (tertiary/aromatic N) is 4. The number of piperidine rings is 1. The van der Waals surface area contributed by atoms with Gasteiger partial charge in [0.2, 0.25) is 5.91 Å². The summed E-state index contributed by atoms with van der Waals surface area (Å²) in [7, 11) is 0. The van der Waals surface area contributed by atoms with E-state index in [4.69, 9.17) is 9.97 Å². The second kappa shape index (κ2) is 10.6. The van der Waals surface area contributed by atoms with E-state index in [-0.39, 0.29) is 5.91 Å². The number of benzene rings is 2. The van der Waals surface area contributed by atoms with E-state index in [9.17, 15) is 4.79 Å². The lowest BCUT2D eigenvalue weighted by Gasteiger charge is -2.33. The summed E-state index contributed by atoms with van der Waals surface area (Å²) in [6, 6.07) is 22.5. The Morgan fingerprint density at radius 2 is 1.77 bits per heavy atom. The highest BCUT2D eigenvalue weighted by atomic mass is 16.1. The molecule has 1 fully saturated rings. The molecule has 1 aliphatic heterocycles. The molecule has 5 rings (SSSR count). The van der Waals surface area contributed by atoms with Gasteiger partial charge in [-0.25, -0.2) is 9.97 Å². The Labute approximate surface area is 206 Å². The number of hydrogen-bond donors (Lipinski definition) is 1. The lowest BCUT2D eigenvalue weighted by Crippen LogP contribution is -2.34. The van der Waals surface area contributed by atoms with Gasteiger partial charge in [-0.2, -0.15) is 0 Å². The van der Waals surface area contributed by atoms with Crippen molar-refractivity contribution in [2.75, 3.05) is 18.4 Å². The van der Waals surface area contributed by atoms with Crippen LogP contribution in [0.2, 0.25) is 0 Å². The fourth-order valence-electron chi connectivity index (χ4n) is 4.76. The Hall–Kier alpha value is -3.90. The van der Waals surface area contributed by atoms with Crippen LogP contribution < -0.4 is 5.32 Å². The molecule has 2 aromatic heterocycles. The summed E-state index contributed by atoms with van der Waals surface area (Å²) >= 11 is 0. The van der Waals surface area contributed by atoms with E-state index in [0.717, 1.165) is 66.4 Å². The van der Waals surface area contributed by atoms with E-state index >= 15 is 0 Å². The van der Waals surface area contributed by atoms with Crippen LogP contribution in [-0.4, -0.2) is 38.8 Å². The second-order valence-corrected chi connectivity index (χ2v) is 9.05. The van der Waals surface area contributed by atoms with Crippen LogP contribution in [0.5, 0.6) is 0 Å². The molecule has 6 nitrogen and oxygen atoms in total. The SMILES string of the molecule is CC(=O)Nc1ccc(CN2CCCC(c3nc(-c4ccncc4)ncc3-c3ccccc3)C2)cc1. The molecular weight excluding hydrogens is 434 g/mol. The highest BCUT2D eigenvalue weighted by Crippen LogP contribution is 2.34. The number of carbonyl (C=O) groups excluding carboxylic acids is 1. The van der Waals surface area contributed by atoms with Gasteiger partial charge in [0.05, 0.1) is 5.69 Å². The van der Waals surface area contributed by atoms with Gasteiger partial charge in [0.15, 0.2) is 5.82 Å². The standard InChI is InChI=1S/C29H29N5O/c1-21(35)32-26-11-9-22(10-12-26)19-34-17-5-8-25(20-34)28-27(23-6-3-2-4-7-23)18-31-29(33-28)24-13-15-30-16-14-24/h2-4,6-7,9-16,18,25H,5,8,17,19-20H2,1H3,(H,32,35). The molecule has 1 N–H and O–H groups in total. The number of aromatic nitrogens is 3. The summed E-state index contributed by atoms with van der Waals surface area (Å²) in [5.41, 5.74) is 6.42. The Morgan fingerprint density at radius 1 is 1.00 bits per heavy atom. The molecule has 1 atom stereocenters. The Morgan fingerprint density at radius 3 is 2.51 bits per heavy atom. The van der Waals surface area contributed by atoms with Gasteiger partial charge in [0.25, 0.3) is 0 Å². The van der Waals surface area contributed by atoms with Crippen LogP contribution in [0.25, 0.3) is 22.5 Å². The van der Waals surface area contributed by atoms with Gasteiger partial charge in [-0.1, -0.05) is 42.5 Å². The number of amides is 1.